The quantitative estimate of drug-likeness (QED) is 0.926. The molecule has 0 spiro atoms. The van der Waals surface area contributed by atoms with E-state index < -0.39 is 5.54 Å². The highest BCUT2D eigenvalue weighted by atomic mass is 35.5. The van der Waals surface area contributed by atoms with Crippen molar-refractivity contribution in [2.24, 2.45) is 5.73 Å². The molecule has 1 aromatic carbocycles. The summed E-state index contributed by atoms with van der Waals surface area (Å²) in [5.41, 5.74) is 7.96. The second kappa shape index (κ2) is 6.40. The number of carbonyl (C=O) groups is 1. The van der Waals surface area contributed by atoms with Crippen LogP contribution in [-0.2, 0) is 11.3 Å². The summed E-state index contributed by atoms with van der Waals surface area (Å²) in [6.07, 6.45) is 3.79. The minimum absolute atomic E-state index is 0. The van der Waals surface area contributed by atoms with Crippen molar-refractivity contribution < 1.29 is 4.79 Å². The molecule has 1 aromatic rings. The van der Waals surface area contributed by atoms with Gasteiger partial charge in [-0.25, -0.2) is 0 Å². The van der Waals surface area contributed by atoms with Gasteiger partial charge < -0.3 is 10.6 Å². The van der Waals surface area contributed by atoms with Gasteiger partial charge >= 0.3 is 0 Å². The van der Waals surface area contributed by atoms with Gasteiger partial charge in [0.2, 0.25) is 5.91 Å². The predicted molar refractivity (Wildman–Crippen MR) is 80.3 cm³/mol. The number of benzene rings is 1. The molecular formula is C15H23ClN2O. The standard InChI is InChI=1S/C15H22N2O.ClH/c1-12-6-5-7-13(10-12)11-17(2)14(18)15(16)8-3-4-9-15;/h5-7,10H,3-4,8-9,11,16H2,1-2H3;1H. The third-order valence-corrected chi connectivity index (χ3v) is 3.77. The monoisotopic (exact) mass is 282 g/mol. The maximum absolute atomic E-state index is 12.4. The third kappa shape index (κ3) is 3.71. The average Bonchev–Trinajstić information content (AvgIpc) is 2.76. The summed E-state index contributed by atoms with van der Waals surface area (Å²) in [4.78, 5) is 14.1. The Morgan fingerprint density at radius 1 is 1.37 bits per heavy atom. The van der Waals surface area contributed by atoms with Crippen LogP contribution in [0.5, 0.6) is 0 Å². The molecule has 3 nitrogen and oxygen atoms in total. The van der Waals surface area contributed by atoms with Crippen LogP contribution in [0.2, 0.25) is 0 Å². The Hall–Kier alpha value is -1.06. The van der Waals surface area contributed by atoms with E-state index in [1.165, 1.54) is 5.56 Å². The van der Waals surface area contributed by atoms with Gasteiger partial charge in [0.1, 0.15) is 0 Å². The number of aryl methyl sites for hydroxylation is 1. The van der Waals surface area contributed by atoms with Crippen molar-refractivity contribution in [3.8, 4) is 0 Å². The number of halogens is 1. The molecule has 0 heterocycles. The van der Waals surface area contributed by atoms with E-state index in [-0.39, 0.29) is 18.3 Å². The van der Waals surface area contributed by atoms with Gasteiger partial charge in [-0.3, -0.25) is 4.79 Å². The molecule has 106 valence electrons. The molecule has 0 unspecified atom stereocenters. The number of nitrogens with two attached hydrogens (primary N) is 1. The fraction of sp³-hybridized carbons (Fsp3) is 0.533. The first-order valence-corrected chi connectivity index (χ1v) is 6.61. The zero-order valence-corrected chi connectivity index (χ0v) is 12.5. The lowest BCUT2D eigenvalue weighted by atomic mass is 9.97. The van der Waals surface area contributed by atoms with E-state index in [0.717, 1.165) is 31.2 Å². The van der Waals surface area contributed by atoms with E-state index in [2.05, 4.69) is 25.1 Å². The molecule has 19 heavy (non-hydrogen) atoms. The number of nitrogens with zero attached hydrogens (tertiary/aromatic N) is 1. The predicted octanol–water partition coefficient (Wildman–Crippen LogP) is 2.65. The molecule has 0 bridgehead atoms. The highest BCUT2D eigenvalue weighted by Gasteiger charge is 2.38. The summed E-state index contributed by atoms with van der Waals surface area (Å²) in [6.45, 7) is 2.70. The molecule has 4 heteroatoms. The van der Waals surface area contributed by atoms with Crippen LogP contribution < -0.4 is 5.73 Å². The smallest absolute Gasteiger partial charge is 0.242 e. The maximum Gasteiger partial charge on any atom is 0.242 e. The molecule has 2 rings (SSSR count). The number of amides is 1. The molecule has 0 aromatic heterocycles. The van der Waals surface area contributed by atoms with E-state index in [9.17, 15) is 4.79 Å². The van der Waals surface area contributed by atoms with Gasteiger partial charge in [0.15, 0.2) is 0 Å². The van der Waals surface area contributed by atoms with Crippen LogP contribution in [-0.4, -0.2) is 23.4 Å². The largest absolute Gasteiger partial charge is 0.340 e. The zero-order valence-electron chi connectivity index (χ0n) is 11.7. The van der Waals surface area contributed by atoms with E-state index in [1.807, 2.05) is 13.1 Å². The van der Waals surface area contributed by atoms with Gasteiger partial charge in [-0.05, 0) is 25.3 Å². The van der Waals surface area contributed by atoms with Crippen LogP contribution in [0, 0.1) is 6.92 Å². The molecule has 1 aliphatic rings. The minimum Gasteiger partial charge on any atom is -0.340 e. The second-order valence-corrected chi connectivity index (χ2v) is 5.51. The molecule has 0 atom stereocenters. The van der Waals surface area contributed by atoms with Crippen molar-refractivity contribution in [1.82, 2.24) is 4.90 Å². The van der Waals surface area contributed by atoms with Crippen LogP contribution in [0.4, 0.5) is 0 Å². The molecule has 2 N–H and O–H groups in total. The van der Waals surface area contributed by atoms with E-state index in [0.29, 0.717) is 6.54 Å². The zero-order chi connectivity index (χ0) is 13.2. The molecule has 0 saturated heterocycles. The highest BCUT2D eigenvalue weighted by Crippen LogP contribution is 2.29. The van der Waals surface area contributed by atoms with Gasteiger partial charge in [-0.15, -0.1) is 12.4 Å². The van der Waals surface area contributed by atoms with Crippen LogP contribution in [0.3, 0.4) is 0 Å². The van der Waals surface area contributed by atoms with Crippen molar-refractivity contribution >= 4 is 18.3 Å². The fourth-order valence-corrected chi connectivity index (χ4v) is 2.76. The third-order valence-electron chi connectivity index (χ3n) is 3.77. The summed E-state index contributed by atoms with van der Waals surface area (Å²) >= 11 is 0. The Labute approximate surface area is 121 Å². The Morgan fingerprint density at radius 2 is 2.00 bits per heavy atom. The Balaban J connectivity index is 0.00000180. The van der Waals surface area contributed by atoms with Gasteiger partial charge in [-0.2, -0.15) is 0 Å². The normalized spacial score (nSPS) is 16.8. The van der Waals surface area contributed by atoms with Gasteiger partial charge in [0, 0.05) is 13.6 Å². The number of likely N-dealkylation sites (N-methyl/N-ethyl adjacent to an activating group) is 1. The summed E-state index contributed by atoms with van der Waals surface area (Å²) < 4.78 is 0. The number of rotatable bonds is 3. The molecule has 1 saturated carbocycles. The second-order valence-electron chi connectivity index (χ2n) is 5.51. The summed E-state index contributed by atoms with van der Waals surface area (Å²) in [7, 11) is 1.84. The van der Waals surface area contributed by atoms with Gasteiger partial charge in [0.05, 0.1) is 5.54 Å². The molecule has 1 amide bonds. The molecule has 1 fully saturated rings. The van der Waals surface area contributed by atoms with Crippen LogP contribution >= 0.6 is 12.4 Å². The van der Waals surface area contributed by atoms with Crippen molar-refractivity contribution in [3.63, 3.8) is 0 Å². The highest BCUT2D eigenvalue weighted by molar-refractivity contribution is 5.86. The van der Waals surface area contributed by atoms with Crippen LogP contribution in [0.25, 0.3) is 0 Å². The van der Waals surface area contributed by atoms with Gasteiger partial charge in [-0.1, -0.05) is 42.7 Å². The average molecular weight is 283 g/mol. The van der Waals surface area contributed by atoms with E-state index >= 15 is 0 Å². The molecular weight excluding hydrogens is 260 g/mol. The summed E-state index contributed by atoms with van der Waals surface area (Å²) in [5, 5.41) is 0. The Bertz CT molecular complexity index is 442. The lowest BCUT2D eigenvalue weighted by Gasteiger charge is -2.28. The Morgan fingerprint density at radius 3 is 2.58 bits per heavy atom. The first-order chi connectivity index (χ1) is 8.51. The first-order valence-electron chi connectivity index (χ1n) is 6.61. The lowest BCUT2D eigenvalue weighted by molar-refractivity contribution is -0.136. The molecule has 1 aliphatic carbocycles. The van der Waals surface area contributed by atoms with Crippen molar-refractivity contribution in [2.75, 3.05) is 7.05 Å². The van der Waals surface area contributed by atoms with Gasteiger partial charge in [0.25, 0.3) is 0 Å². The van der Waals surface area contributed by atoms with E-state index in [1.54, 1.807) is 4.90 Å². The topological polar surface area (TPSA) is 46.3 Å². The molecule has 0 aliphatic heterocycles. The minimum atomic E-state index is -0.613. The Kier molecular flexibility index (Phi) is 5.39. The fourth-order valence-electron chi connectivity index (χ4n) is 2.76. The number of hydrogen-bond acceptors (Lipinski definition) is 2. The van der Waals surface area contributed by atoms with Crippen molar-refractivity contribution in [3.05, 3.63) is 35.4 Å². The number of hydrogen-bond donors (Lipinski definition) is 1. The summed E-state index contributed by atoms with van der Waals surface area (Å²) in [5.74, 6) is 0.0847. The SMILES string of the molecule is Cc1cccc(CN(C)C(=O)C2(N)CCCC2)c1.Cl. The number of carbonyl (C=O) groups excluding carboxylic acids is 1. The van der Waals surface area contributed by atoms with Crippen molar-refractivity contribution in [1.29, 1.82) is 0 Å². The summed E-state index contributed by atoms with van der Waals surface area (Å²) in [6, 6.07) is 8.25. The van der Waals surface area contributed by atoms with Crippen LogP contribution in [0.15, 0.2) is 24.3 Å². The lowest BCUT2D eigenvalue weighted by Crippen LogP contribution is -2.52. The van der Waals surface area contributed by atoms with Crippen molar-refractivity contribution in [2.45, 2.75) is 44.7 Å². The van der Waals surface area contributed by atoms with Crippen LogP contribution in [0.1, 0.15) is 36.8 Å². The molecule has 0 radical (unpaired) electrons. The van der Waals surface area contributed by atoms with E-state index in [4.69, 9.17) is 5.73 Å². The maximum atomic E-state index is 12.4. The first kappa shape index (κ1) is 16.0.